The molecule has 0 aliphatic heterocycles. The van der Waals surface area contributed by atoms with E-state index in [9.17, 15) is 18.0 Å². The fourth-order valence-corrected chi connectivity index (χ4v) is 1.92. The number of aromatic nitrogens is 1. The molecule has 0 N–H and O–H groups in total. The van der Waals surface area contributed by atoms with Crippen LogP contribution in [0.25, 0.3) is 0 Å². The minimum absolute atomic E-state index is 0.107. The normalized spacial score (nSPS) is 10.3. The summed E-state index contributed by atoms with van der Waals surface area (Å²) in [6.45, 7) is -0.109. The van der Waals surface area contributed by atoms with Crippen molar-refractivity contribution in [1.29, 1.82) is 5.26 Å². The Kier molecular flexibility index (Phi) is 3.81. The molecular weight excluding hydrogens is 293 g/mol. The number of rotatable bonds is 2. The van der Waals surface area contributed by atoms with Gasteiger partial charge < -0.3 is 4.57 Å². The molecule has 20 heavy (non-hydrogen) atoms. The molecule has 0 atom stereocenters. The Morgan fingerprint density at radius 1 is 1.25 bits per heavy atom. The van der Waals surface area contributed by atoms with Crippen molar-refractivity contribution in [3.05, 3.63) is 68.4 Å². The largest absolute Gasteiger partial charge is 0.333 e. The minimum Gasteiger partial charge on any atom is -0.333 e. The third-order valence-electron chi connectivity index (χ3n) is 2.62. The average Bonchev–Trinajstić information content (AvgIpc) is 2.40. The van der Waals surface area contributed by atoms with Gasteiger partial charge in [-0.1, -0.05) is 11.6 Å². The van der Waals surface area contributed by atoms with E-state index in [0.29, 0.717) is 0 Å². The number of nitriles is 1. The summed E-state index contributed by atoms with van der Waals surface area (Å²) < 4.78 is 40.3. The van der Waals surface area contributed by atoms with Gasteiger partial charge in [0.25, 0.3) is 0 Å². The highest BCUT2D eigenvalue weighted by Gasteiger charge is 2.13. The zero-order chi connectivity index (χ0) is 14.9. The van der Waals surface area contributed by atoms with E-state index in [1.54, 1.807) is 6.07 Å². The van der Waals surface area contributed by atoms with Crippen LogP contribution >= 0.6 is 11.6 Å². The predicted molar refractivity (Wildman–Crippen MR) is 65.8 cm³/mol. The quantitative estimate of drug-likeness (QED) is 0.632. The molecule has 0 saturated heterocycles. The van der Waals surface area contributed by atoms with Crippen LogP contribution in [0, 0.1) is 28.8 Å². The number of hydrogen-bond acceptors (Lipinski definition) is 2. The Bertz CT molecular complexity index is 757. The van der Waals surface area contributed by atoms with Crippen molar-refractivity contribution in [3.8, 4) is 6.07 Å². The zero-order valence-corrected chi connectivity index (χ0v) is 10.6. The summed E-state index contributed by atoms with van der Waals surface area (Å²) in [5.41, 5.74) is -0.710. The van der Waals surface area contributed by atoms with Crippen molar-refractivity contribution in [2.24, 2.45) is 0 Å². The SMILES string of the molecule is N#Cc1c(Cl)n(Cc2cc(F)c(F)c(F)c2)ccc1=O. The van der Waals surface area contributed by atoms with Crippen molar-refractivity contribution in [2.45, 2.75) is 6.54 Å². The van der Waals surface area contributed by atoms with Gasteiger partial charge in [-0.2, -0.15) is 5.26 Å². The maximum absolute atomic E-state index is 13.1. The lowest BCUT2D eigenvalue weighted by Crippen LogP contribution is -2.12. The minimum atomic E-state index is -1.56. The molecule has 0 fully saturated rings. The van der Waals surface area contributed by atoms with Crippen LogP contribution in [0.2, 0.25) is 5.15 Å². The molecule has 0 saturated carbocycles. The Labute approximate surface area is 116 Å². The van der Waals surface area contributed by atoms with Gasteiger partial charge >= 0.3 is 0 Å². The molecule has 1 aromatic heterocycles. The molecule has 0 bridgehead atoms. The molecule has 0 unspecified atom stereocenters. The lowest BCUT2D eigenvalue weighted by Gasteiger charge is -2.10. The van der Waals surface area contributed by atoms with Crippen LogP contribution in [-0.2, 0) is 6.54 Å². The second-order valence-electron chi connectivity index (χ2n) is 3.96. The molecule has 2 rings (SSSR count). The van der Waals surface area contributed by atoms with Crippen molar-refractivity contribution < 1.29 is 13.2 Å². The van der Waals surface area contributed by atoms with Crippen molar-refractivity contribution >= 4 is 11.6 Å². The molecule has 0 aliphatic carbocycles. The summed E-state index contributed by atoms with van der Waals surface area (Å²) in [5.74, 6) is -4.20. The average molecular weight is 299 g/mol. The fraction of sp³-hybridized carbons (Fsp3) is 0.0769. The summed E-state index contributed by atoms with van der Waals surface area (Å²) in [4.78, 5) is 11.3. The first kappa shape index (κ1) is 14.2. The number of halogens is 4. The molecule has 0 spiro atoms. The van der Waals surface area contributed by atoms with Crippen LogP contribution in [0.1, 0.15) is 11.1 Å². The summed E-state index contributed by atoms with van der Waals surface area (Å²) >= 11 is 5.85. The topological polar surface area (TPSA) is 45.8 Å². The fourth-order valence-electron chi connectivity index (χ4n) is 1.67. The second-order valence-corrected chi connectivity index (χ2v) is 4.32. The second kappa shape index (κ2) is 5.39. The molecule has 0 aliphatic rings. The highest BCUT2D eigenvalue weighted by Crippen LogP contribution is 2.17. The lowest BCUT2D eigenvalue weighted by molar-refractivity contribution is 0.444. The maximum atomic E-state index is 13.1. The number of hydrogen-bond donors (Lipinski definition) is 0. The van der Waals surface area contributed by atoms with E-state index < -0.39 is 22.9 Å². The van der Waals surface area contributed by atoms with Crippen LogP contribution < -0.4 is 5.43 Å². The summed E-state index contributed by atoms with van der Waals surface area (Å²) in [6.07, 6.45) is 1.28. The molecule has 102 valence electrons. The maximum Gasteiger partial charge on any atom is 0.200 e. The number of pyridine rings is 1. The van der Waals surface area contributed by atoms with Crippen LogP contribution in [-0.4, -0.2) is 4.57 Å². The van der Waals surface area contributed by atoms with Crippen LogP contribution in [0.3, 0.4) is 0 Å². The van der Waals surface area contributed by atoms with Gasteiger partial charge in [0.2, 0.25) is 5.43 Å². The summed E-state index contributed by atoms with van der Waals surface area (Å²) in [7, 11) is 0. The Balaban J connectivity index is 2.46. The van der Waals surface area contributed by atoms with Gasteiger partial charge in [-0.3, -0.25) is 4.79 Å². The van der Waals surface area contributed by atoms with E-state index in [4.69, 9.17) is 16.9 Å². The van der Waals surface area contributed by atoms with Gasteiger partial charge in [0.1, 0.15) is 16.8 Å². The van der Waals surface area contributed by atoms with Crippen LogP contribution in [0.5, 0.6) is 0 Å². The van der Waals surface area contributed by atoms with E-state index in [1.807, 2.05) is 0 Å². The first-order valence-corrected chi connectivity index (χ1v) is 5.74. The third-order valence-corrected chi connectivity index (χ3v) is 3.03. The highest BCUT2D eigenvalue weighted by molar-refractivity contribution is 6.30. The predicted octanol–water partition coefficient (Wildman–Crippen LogP) is 2.84. The van der Waals surface area contributed by atoms with Gasteiger partial charge in [-0.05, 0) is 17.7 Å². The number of nitrogens with zero attached hydrogens (tertiary/aromatic N) is 2. The van der Waals surface area contributed by atoms with Crippen molar-refractivity contribution in [1.82, 2.24) is 4.57 Å². The molecule has 1 aromatic carbocycles. The van der Waals surface area contributed by atoms with Crippen molar-refractivity contribution in [2.75, 3.05) is 0 Å². The van der Waals surface area contributed by atoms with E-state index in [-0.39, 0.29) is 22.8 Å². The first-order valence-electron chi connectivity index (χ1n) is 5.36. The van der Waals surface area contributed by atoms with Crippen LogP contribution in [0.15, 0.2) is 29.2 Å². The smallest absolute Gasteiger partial charge is 0.200 e. The first-order chi connectivity index (χ1) is 9.43. The van der Waals surface area contributed by atoms with E-state index in [0.717, 1.165) is 18.2 Å². The standard InChI is InChI=1S/C13H6ClF3N2O/c14-13-8(5-18)11(20)1-2-19(13)6-7-3-9(15)12(17)10(16)4-7/h1-4H,6H2. The van der Waals surface area contributed by atoms with Gasteiger partial charge in [0.15, 0.2) is 17.5 Å². The van der Waals surface area contributed by atoms with E-state index >= 15 is 0 Å². The van der Waals surface area contributed by atoms with Gasteiger partial charge in [0, 0.05) is 18.8 Å². The van der Waals surface area contributed by atoms with E-state index in [1.165, 1.54) is 10.8 Å². The van der Waals surface area contributed by atoms with Gasteiger partial charge in [0.05, 0.1) is 0 Å². The van der Waals surface area contributed by atoms with Gasteiger partial charge in [-0.25, -0.2) is 13.2 Å². The Hall–Kier alpha value is -2.26. The molecule has 3 nitrogen and oxygen atoms in total. The van der Waals surface area contributed by atoms with E-state index in [2.05, 4.69) is 0 Å². The zero-order valence-electron chi connectivity index (χ0n) is 9.83. The summed E-state index contributed by atoms with van der Waals surface area (Å²) in [5, 5.41) is 8.65. The molecule has 0 radical (unpaired) electrons. The monoisotopic (exact) mass is 298 g/mol. The lowest BCUT2D eigenvalue weighted by atomic mass is 10.2. The highest BCUT2D eigenvalue weighted by atomic mass is 35.5. The van der Waals surface area contributed by atoms with Gasteiger partial charge in [-0.15, -0.1) is 0 Å². The molecule has 0 amide bonds. The Morgan fingerprint density at radius 3 is 2.40 bits per heavy atom. The molecule has 2 aromatic rings. The molecular formula is C13H6ClF3N2O. The third kappa shape index (κ3) is 2.53. The van der Waals surface area contributed by atoms with Crippen LogP contribution in [0.4, 0.5) is 13.2 Å². The van der Waals surface area contributed by atoms with Crippen molar-refractivity contribution in [3.63, 3.8) is 0 Å². The number of benzene rings is 1. The molecule has 7 heteroatoms. The molecule has 1 heterocycles. The summed E-state index contributed by atoms with van der Waals surface area (Å²) in [6, 6.07) is 4.40. The Morgan fingerprint density at radius 2 is 1.85 bits per heavy atom.